The van der Waals surface area contributed by atoms with Gasteiger partial charge in [0.1, 0.15) is 5.82 Å². The molecule has 0 spiro atoms. The Kier molecular flexibility index (Phi) is 2.82. The molecule has 1 aromatic rings. The zero-order valence-electron chi connectivity index (χ0n) is 10.5. The second kappa shape index (κ2) is 3.88. The van der Waals surface area contributed by atoms with Gasteiger partial charge in [0.05, 0.1) is 5.35 Å². The van der Waals surface area contributed by atoms with Crippen molar-refractivity contribution in [2.45, 2.75) is 45.3 Å². The molecule has 1 aromatic heterocycles. The van der Waals surface area contributed by atoms with E-state index in [4.69, 9.17) is 0 Å². The van der Waals surface area contributed by atoms with Gasteiger partial charge in [-0.15, -0.1) is 11.8 Å². The largest absolute Gasteiger partial charge is 0.237 e. The molecule has 0 bridgehead atoms. The monoisotopic (exact) mass is 234 g/mol. The molecule has 0 saturated carbocycles. The summed E-state index contributed by atoms with van der Waals surface area (Å²) < 4.78 is 0.141. The lowest BCUT2D eigenvalue weighted by Crippen LogP contribution is -2.38. The van der Waals surface area contributed by atoms with E-state index in [-0.39, 0.29) is 4.75 Å². The molecule has 0 saturated heterocycles. The zero-order chi connectivity index (χ0) is 11.9. The molecule has 0 atom stereocenters. The van der Waals surface area contributed by atoms with Crippen LogP contribution in [0.25, 0.3) is 11.5 Å². The van der Waals surface area contributed by atoms with Gasteiger partial charge in [-0.05, 0) is 32.3 Å². The number of hydrogen-bond acceptors (Lipinski definition) is 3. The van der Waals surface area contributed by atoms with E-state index >= 15 is 0 Å². The maximum atomic E-state index is 4.66. The molecule has 0 fully saturated rings. The van der Waals surface area contributed by atoms with Crippen molar-refractivity contribution in [1.29, 1.82) is 0 Å². The minimum Gasteiger partial charge on any atom is -0.237 e. The first kappa shape index (κ1) is 11.6. The quantitative estimate of drug-likeness (QED) is 0.743. The average Bonchev–Trinajstić information content (AvgIpc) is 2.14. The normalized spacial score (nSPS) is 17.6. The van der Waals surface area contributed by atoms with E-state index in [1.165, 1.54) is 5.22 Å². The molecule has 0 amide bonds. The third kappa shape index (κ3) is 2.14. The summed E-state index contributed by atoms with van der Waals surface area (Å²) in [5.41, 5.74) is 1.09. The summed E-state index contributed by atoms with van der Waals surface area (Å²) in [5.74, 6) is 1.33. The molecule has 16 heavy (non-hydrogen) atoms. The fraction of sp³-hybridized carbons (Fsp3) is 0.538. The summed E-state index contributed by atoms with van der Waals surface area (Å²) in [5, 5.41) is 4.48. The van der Waals surface area contributed by atoms with Crippen LogP contribution in [-0.2, 0) is 0 Å². The maximum absolute atomic E-state index is 4.66. The number of thioether (sulfide) groups is 1. The number of fused-ring (bicyclic) bond motifs is 1. The highest BCUT2D eigenvalue weighted by Gasteiger charge is 2.18. The molecule has 0 aliphatic carbocycles. The van der Waals surface area contributed by atoms with E-state index in [2.05, 4.69) is 56.1 Å². The SMILES string of the molecule is Cc1nc(C(C)C)nc2c1=CSC(C)(C)C=2. The molecule has 0 radical (unpaired) electrons. The van der Waals surface area contributed by atoms with Gasteiger partial charge in [0, 0.05) is 21.6 Å². The number of hydrogen-bond donors (Lipinski definition) is 0. The van der Waals surface area contributed by atoms with Crippen molar-refractivity contribution in [3.8, 4) is 0 Å². The molecule has 1 aliphatic rings. The lowest BCUT2D eigenvalue weighted by atomic mass is 10.1. The molecule has 2 rings (SSSR count). The summed E-state index contributed by atoms with van der Waals surface area (Å²) in [7, 11) is 0. The Labute approximate surface area is 101 Å². The molecule has 2 heterocycles. The Morgan fingerprint density at radius 3 is 2.56 bits per heavy atom. The van der Waals surface area contributed by atoms with Crippen molar-refractivity contribution in [2.24, 2.45) is 0 Å². The van der Waals surface area contributed by atoms with Gasteiger partial charge in [0.25, 0.3) is 0 Å². The smallest absolute Gasteiger partial charge is 0.131 e. The van der Waals surface area contributed by atoms with Gasteiger partial charge in [0.15, 0.2) is 0 Å². The van der Waals surface area contributed by atoms with Crippen molar-refractivity contribution in [3.05, 3.63) is 22.1 Å². The predicted octanol–water partition coefficient (Wildman–Crippen LogP) is 1.95. The predicted molar refractivity (Wildman–Crippen MR) is 70.7 cm³/mol. The van der Waals surface area contributed by atoms with Crippen LogP contribution >= 0.6 is 11.8 Å². The van der Waals surface area contributed by atoms with Crippen molar-refractivity contribution in [1.82, 2.24) is 9.97 Å². The van der Waals surface area contributed by atoms with E-state index < -0.39 is 0 Å². The van der Waals surface area contributed by atoms with E-state index in [0.717, 1.165) is 16.9 Å². The molecule has 1 aliphatic heterocycles. The van der Waals surface area contributed by atoms with Gasteiger partial charge in [-0.25, -0.2) is 9.97 Å². The fourth-order valence-corrected chi connectivity index (χ4v) is 2.61. The Morgan fingerprint density at radius 1 is 1.25 bits per heavy atom. The van der Waals surface area contributed by atoms with E-state index in [9.17, 15) is 0 Å². The first-order chi connectivity index (χ1) is 7.39. The van der Waals surface area contributed by atoms with Crippen molar-refractivity contribution in [2.75, 3.05) is 0 Å². The van der Waals surface area contributed by atoms with Crippen LogP contribution in [0, 0.1) is 6.92 Å². The van der Waals surface area contributed by atoms with Gasteiger partial charge >= 0.3 is 0 Å². The standard InChI is InChI=1S/C13H18N2S/c1-8(2)12-14-9(3)10-7-16-13(4,5)6-11(10)15-12/h6-8H,1-5H3. The van der Waals surface area contributed by atoms with Crippen LogP contribution in [0.1, 0.15) is 45.1 Å². The summed E-state index contributed by atoms with van der Waals surface area (Å²) in [6.45, 7) is 10.8. The number of nitrogens with zero attached hydrogens (tertiary/aromatic N) is 2. The van der Waals surface area contributed by atoms with Gasteiger partial charge in [-0.2, -0.15) is 0 Å². The third-order valence-electron chi connectivity index (χ3n) is 2.66. The summed E-state index contributed by atoms with van der Waals surface area (Å²) in [6, 6.07) is 0. The van der Waals surface area contributed by atoms with Crippen LogP contribution in [0.3, 0.4) is 0 Å². The van der Waals surface area contributed by atoms with Gasteiger partial charge < -0.3 is 0 Å². The van der Waals surface area contributed by atoms with Crippen LogP contribution in [0.15, 0.2) is 0 Å². The highest BCUT2D eigenvalue weighted by molar-refractivity contribution is 8.08. The summed E-state index contributed by atoms with van der Waals surface area (Å²) in [4.78, 5) is 9.22. The molecule has 86 valence electrons. The highest BCUT2D eigenvalue weighted by atomic mass is 32.2. The maximum Gasteiger partial charge on any atom is 0.131 e. The second-order valence-electron chi connectivity index (χ2n) is 5.10. The first-order valence-corrected chi connectivity index (χ1v) is 6.52. The fourth-order valence-electron chi connectivity index (χ4n) is 1.71. The van der Waals surface area contributed by atoms with Crippen LogP contribution < -0.4 is 10.6 Å². The molecule has 0 N–H and O–H groups in total. The van der Waals surface area contributed by atoms with Gasteiger partial charge in [0.2, 0.25) is 0 Å². The van der Waals surface area contributed by atoms with E-state index in [1.54, 1.807) is 0 Å². The second-order valence-corrected chi connectivity index (χ2v) is 6.63. The van der Waals surface area contributed by atoms with Crippen LogP contribution in [0.2, 0.25) is 0 Å². The zero-order valence-corrected chi connectivity index (χ0v) is 11.4. The summed E-state index contributed by atoms with van der Waals surface area (Å²) in [6.07, 6.45) is 2.24. The van der Waals surface area contributed by atoms with E-state index in [0.29, 0.717) is 5.92 Å². The Bertz CT molecular complexity index is 530. The van der Waals surface area contributed by atoms with Crippen molar-refractivity contribution in [3.63, 3.8) is 0 Å². The molecule has 0 unspecified atom stereocenters. The van der Waals surface area contributed by atoms with Crippen LogP contribution in [0.4, 0.5) is 0 Å². The third-order valence-corrected chi connectivity index (χ3v) is 3.74. The number of aryl methyl sites for hydroxylation is 1. The molecular formula is C13H18N2S. The van der Waals surface area contributed by atoms with Gasteiger partial charge in [-0.3, -0.25) is 0 Å². The Hall–Kier alpha value is -0.830. The lowest BCUT2D eigenvalue weighted by molar-refractivity contribution is 0.752. The highest BCUT2D eigenvalue weighted by Crippen LogP contribution is 2.28. The Morgan fingerprint density at radius 2 is 1.94 bits per heavy atom. The number of aromatic nitrogens is 2. The molecule has 3 heteroatoms. The molecule has 0 aromatic carbocycles. The topological polar surface area (TPSA) is 25.8 Å². The van der Waals surface area contributed by atoms with Crippen molar-refractivity contribution < 1.29 is 0 Å². The average molecular weight is 234 g/mol. The first-order valence-electron chi connectivity index (χ1n) is 5.64. The minimum atomic E-state index is 0.141. The van der Waals surface area contributed by atoms with E-state index in [1.807, 2.05) is 11.8 Å². The minimum absolute atomic E-state index is 0.141. The van der Waals surface area contributed by atoms with Crippen LogP contribution in [0.5, 0.6) is 0 Å². The lowest BCUT2D eigenvalue weighted by Gasteiger charge is -2.20. The van der Waals surface area contributed by atoms with Gasteiger partial charge in [-0.1, -0.05) is 13.8 Å². The Balaban J connectivity index is 2.72. The number of rotatable bonds is 1. The van der Waals surface area contributed by atoms with Crippen LogP contribution in [-0.4, -0.2) is 14.7 Å². The summed E-state index contributed by atoms with van der Waals surface area (Å²) >= 11 is 1.83. The molecular weight excluding hydrogens is 216 g/mol. The molecule has 2 nitrogen and oxygen atoms in total. The van der Waals surface area contributed by atoms with Crippen molar-refractivity contribution >= 4 is 23.2 Å².